The van der Waals surface area contributed by atoms with Gasteiger partial charge in [-0.1, -0.05) is 19.1 Å². The van der Waals surface area contributed by atoms with Crippen LogP contribution in [0.5, 0.6) is 0 Å². The Balaban J connectivity index is 2.01. The second kappa shape index (κ2) is 9.39. The Morgan fingerprint density at radius 1 is 1.07 bits per heavy atom. The van der Waals surface area contributed by atoms with E-state index in [1.807, 2.05) is 6.92 Å². The van der Waals surface area contributed by atoms with Crippen LogP contribution in [0.25, 0.3) is 0 Å². The van der Waals surface area contributed by atoms with Crippen LogP contribution in [0.3, 0.4) is 0 Å². The second-order valence-corrected chi connectivity index (χ2v) is 5.96. The first-order valence-corrected chi connectivity index (χ1v) is 8.56. The number of nitrogens with zero attached hydrogens (tertiary/aromatic N) is 1. The number of anilines is 1. The van der Waals surface area contributed by atoms with Crippen molar-refractivity contribution in [1.29, 1.82) is 0 Å². The molecule has 0 aromatic heterocycles. The molecule has 140 valence electrons. The molecule has 0 fully saturated rings. The van der Waals surface area contributed by atoms with Gasteiger partial charge in [-0.25, -0.2) is 0 Å². The van der Waals surface area contributed by atoms with Gasteiger partial charge in [0.25, 0.3) is 17.5 Å². The SMILES string of the molecule is CCCNC(=O)c1cccc(NC(=S)NC(=O)c2cccc([N+](=O)[O-])c2)c1. The van der Waals surface area contributed by atoms with Crippen LogP contribution in [0.4, 0.5) is 11.4 Å². The molecular weight excluding hydrogens is 368 g/mol. The predicted octanol–water partition coefficient (Wildman–Crippen LogP) is 2.86. The predicted molar refractivity (Wildman–Crippen MR) is 106 cm³/mol. The zero-order valence-corrected chi connectivity index (χ0v) is 15.3. The van der Waals surface area contributed by atoms with E-state index < -0.39 is 10.8 Å². The molecule has 2 amide bonds. The maximum atomic E-state index is 12.2. The summed E-state index contributed by atoms with van der Waals surface area (Å²) in [5, 5.41) is 18.8. The molecule has 0 radical (unpaired) electrons. The first kappa shape index (κ1) is 20.0. The number of hydrogen-bond acceptors (Lipinski definition) is 5. The van der Waals surface area contributed by atoms with Crippen molar-refractivity contribution in [2.24, 2.45) is 0 Å². The maximum absolute atomic E-state index is 12.2. The van der Waals surface area contributed by atoms with Crippen LogP contribution in [0, 0.1) is 10.1 Å². The van der Waals surface area contributed by atoms with Crippen LogP contribution in [0.1, 0.15) is 34.1 Å². The second-order valence-electron chi connectivity index (χ2n) is 5.55. The van der Waals surface area contributed by atoms with Gasteiger partial charge in [0.1, 0.15) is 0 Å². The van der Waals surface area contributed by atoms with Crippen LogP contribution in [0.2, 0.25) is 0 Å². The lowest BCUT2D eigenvalue weighted by molar-refractivity contribution is -0.384. The Kier molecular flexibility index (Phi) is 6.95. The number of rotatable bonds is 6. The molecule has 0 saturated heterocycles. The smallest absolute Gasteiger partial charge is 0.270 e. The third-order valence-electron chi connectivity index (χ3n) is 3.46. The highest BCUT2D eigenvalue weighted by atomic mass is 32.1. The van der Waals surface area contributed by atoms with Gasteiger partial charge >= 0.3 is 0 Å². The van der Waals surface area contributed by atoms with Crippen molar-refractivity contribution in [3.8, 4) is 0 Å². The van der Waals surface area contributed by atoms with E-state index in [9.17, 15) is 19.7 Å². The van der Waals surface area contributed by atoms with E-state index in [2.05, 4.69) is 16.0 Å². The number of nitro benzene ring substituents is 1. The number of nitro groups is 1. The normalized spacial score (nSPS) is 9.96. The highest BCUT2D eigenvalue weighted by Gasteiger charge is 2.13. The third-order valence-corrected chi connectivity index (χ3v) is 3.67. The molecule has 0 atom stereocenters. The summed E-state index contributed by atoms with van der Waals surface area (Å²) >= 11 is 5.10. The lowest BCUT2D eigenvalue weighted by atomic mass is 10.2. The molecular formula is C18H18N4O4S. The van der Waals surface area contributed by atoms with Crippen molar-refractivity contribution in [3.05, 3.63) is 69.8 Å². The minimum atomic E-state index is -0.581. The van der Waals surface area contributed by atoms with E-state index in [4.69, 9.17) is 12.2 Å². The van der Waals surface area contributed by atoms with Crippen molar-refractivity contribution in [2.75, 3.05) is 11.9 Å². The largest absolute Gasteiger partial charge is 0.352 e. The fourth-order valence-corrected chi connectivity index (χ4v) is 2.39. The molecule has 0 aliphatic heterocycles. The van der Waals surface area contributed by atoms with Crippen LogP contribution in [0.15, 0.2) is 48.5 Å². The standard InChI is InChI=1S/C18H18N4O4S/c1-2-9-19-16(23)12-5-3-7-14(10-12)20-18(27)21-17(24)13-6-4-8-15(11-13)22(25)26/h3-8,10-11H,2,9H2,1H3,(H,19,23)(H2,20,21,24,27). The summed E-state index contributed by atoms with van der Waals surface area (Å²) in [6.45, 7) is 2.54. The number of amides is 2. The Morgan fingerprint density at radius 3 is 2.41 bits per heavy atom. The number of non-ortho nitro benzene ring substituents is 1. The van der Waals surface area contributed by atoms with Gasteiger partial charge in [-0.2, -0.15) is 0 Å². The molecule has 3 N–H and O–H groups in total. The number of carbonyl (C=O) groups is 2. The first-order chi connectivity index (χ1) is 12.9. The maximum Gasteiger partial charge on any atom is 0.270 e. The Hall–Kier alpha value is -3.33. The van der Waals surface area contributed by atoms with Crippen LogP contribution in [-0.2, 0) is 0 Å². The van der Waals surface area contributed by atoms with E-state index >= 15 is 0 Å². The number of hydrogen-bond donors (Lipinski definition) is 3. The van der Waals surface area contributed by atoms with E-state index in [0.29, 0.717) is 17.8 Å². The third kappa shape index (κ3) is 5.86. The lowest BCUT2D eigenvalue weighted by Crippen LogP contribution is -2.34. The summed E-state index contributed by atoms with van der Waals surface area (Å²) in [6, 6.07) is 12.0. The van der Waals surface area contributed by atoms with Gasteiger partial charge in [0.05, 0.1) is 4.92 Å². The molecule has 2 aromatic rings. The van der Waals surface area contributed by atoms with Crippen LogP contribution >= 0.6 is 12.2 Å². The number of thiocarbonyl (C=S) groups is 1. The van der Waals surface area contributed by atoms with Gasteiger partial charge in [0.15, 0.2) is 5.11 Å². The van der Waals surface area contributed by atoms with Crippen molar-refractivity contribution in [2.45, 2.75) is 13.3 Å². The van der Waals surface area contributed by atoms with Crippen molar-refractivity contribution < 1.29 is 14.5 Å². The Morgan fingerprint density at radius 2 is 1.74 bits per heavy atom. The molecule has 2 aromatic carbocycles. The molecule has 0 heterocycles. The van der Waals surface area contributed by atoms with E-state index in [1.165, 1.54) is 18.2 Å². The van der Waals surface area contributed by atoms with Crippen molar-refractivity contribution >= 4 is 40.5 Å². The Bertz CT molecular complexity index is 885. The fraction of sp³-hybridized carbons (Fsp3) is 0.167. The van der Waals surface area contributed by atoms with E-state index in [-0.39, 0.29) is 22.3 Å². The molecule has 0 saturated carbocycles. The number of nitrogens with one attached hydrogen (secondary N) is 3. The molecule has 9 heteroatoms. The monoisotopic (exact) mass is 386 g/mol. The average molecular weight is 386 g/mol. The van der Waals surface area contributed by atoms with Crippen LogP contribution < -0.4 is 16.0 Å². The number of carbonyl (C=O) groups excluding carboxylic acids is 2. The molecule has 0 spiro atoms. The van der Waals surface area contributed by atoms with Gasteiger partial charge in [-0.3, -0.25) is 25.0 Å². The topological polar surface area (TPSA) is 113 Å². The van der Waals surface area contributed by atoms with Gasteiger partial charge in [-0.15, -0.1) is 0 Å². The van der Waals surface area contributed by atoms with Gasteiger partial charge in [0, 0.05) is 35.5 Å². The Labute approximate surface area is 161 Å². The van der Waals surface area contributed by atoms with Gasteiger partial charge in [-0.05, 0) is 42.9 Å². The fourth-order valence-electron chi connectivity index (χ4n) is 2.18. The summed E-state index contributed by atoms with van der Waals surface area (Å²) in [4.78, 5) is 34.4. The minimum Gasteiger partial charge on any atom is -0.352 e. The zero-order valence-electron chi connectivity index (χ0n) is 14.5. The van der Waals surface area contributed by atoms with Gasteiger partial charge < -0.3 is 10.6 Å². The summed E-state index contributed by atoms with van der Waals surface area (Å²) < 4.78 is 0. The van der Waals surface area contributed by atoms with Crippen LogP contribution in [-0.4, -0.2) is 28.4 Å². The molecule has 8 nitrogen and oxygen atoms in total. The summed E-state index contributed by atoms with van der Waals surface area (Å²) in [5.74, 6) is -0.778. The highest BCUT2D eigenvalue weighted by molar-refractivity contribution is 7.80. The minimum absolute atomic E-state index is 0.0117. The molecule has 0 aliphatic rings. The summed E-state index contributed by atoms with van der Waals surface area (Å²) in [5.41, 5.74) is 0.915. The van der Waals surface area contributed by atoms with Gasteiger partial charge in [0.2, 0.25) is 0 Å². The average Bonchev–Trinajstić information content (AvgIpc) is 2.66. The lowest BCUT2D eigenvalue weighted by Gasteiger charge is -2.11. The number of benzene rings is 2. The first-order valence-electron chi connectivity index (χ1n) is 8.15. The zero-order chi connectivity index (χ0) is 19.8. The summed E-state index contributed by atoms with van der Waals surface area (Å²) in [6.07, 6.45) is 0.831. The molecule has 0 bridgehead atoms. The molecule has 0 aliphatic carbocycles. The van der Waals surface area contributed by atoms with E-state index in [0.717, 1.165) is 12.5 Å². The van der Waals surface area contributed by atoms with Crippen molar-refractivity contribution in [1.82, 2.24) is 10.6 Å². The molecule has 2 rings (SSSR count). The quantitative estimate of drug-likeness (QED) is 0.400. The van der Waals surface area contributed by atoms with E-state index in [1.54, 1.807) is 24.3 Å². The highest BCUT2D eigenvalue weighted by Crippen LogP contribution is 2.14. The molecule has 0 unspecified atom stereocenters. The summed E-state index contributed by atoms with van der Waals surface area (Å²) in [7, 11) is 0. The molecule has 27 heavy (non-hydrogen) atoms. The van der Waals surface area contributed by atoms with Crippen molar-refractivity contribution in [3.63, 3.8) is 0 Å².